The van der Waals surface area contributed by atoms with E-state index in [4.69, 9.17) is 5.73 Å². The van der Waals surface area contributed by atoms with Crippen molar-refractivity contribution in [3.63, 3.8) is 0 Å². The number of nitrogen functional groups attached to an aromatic ring is 1. The maximum Gasteiger partial charge on any atom is 0.262 e. The molecule has 3 aromatic rings. The van der Waals surface area contributed by atoms with Crippen LogP contribution >= 0.6 is 23.5 Å². The van der Waals surface area contributed by atoms with Gasteiger partial charge in [0.05, 0.1) is 16.9 Å². The number of anilines is 1. The van der Waals surface area contributed by atoms with Crippen molar-refractivity contribution in [2.45, 2.75) is 16.1 Å². The van der Waals surface area contributed by atoms with Gasteiger partial charge in [0, 0.05) is 22.1 Å². The van der Waals surface area contributed by atoms with Crippen molar-refractivity contribution in [1.82, 2.24) is 9.55 Å². The molecule has 2 aromatic carbocycles. The fourth-order valence-electron chi connectivity index (χ4n) is 2.72. The Labute approximate surface area is 142 Å². The standard InChI is InChI=1S/C17H15N3OS2/c18-13-6-2-4-8-15(13)22-9-11-10-23-17-19-14-7-3-1-5-12(14)16(21)20(11)17/h1-8,11H,9-10,18H2/t11-/m0/s1. The summed E-state index contributed by atoms with van der Waals surface area (Å²) in [6.45, 7) is 0. The highest BCUT2D eigenvalue weighted by Crippen LogP contribution is 2.35. The summed E-state index contributed by atoms with van der Waals surface area (Å²) >= 11 is 3.35. The predicted octanol–water partition coefficient (Wildman–Crippen LogP) is 3.42. The van der Waals surface area contributed by atoms with Crippen LogP contribution in [0.2, 0.25) is 0 Å². The molecule has 2 N–H and O–H groups in total. The van der Waals surface area contributed by atoms with Gasteiger partial charge in [0.2, 0.25) is 0 Å². The molecule has 1 aliphatic rings. The Morgan fingerprint density at radius 2 is 2.00 bits per heavy atom. The first kappa shape index (κ1) is 14.7. The summed E-state index contributed by atoms with van der Waals surface area (Å²) in [7, 11) is 0. The van der Waals surface area contributed by atoms with Crippen LogP contribution in [0, 0.1) is 0 Å². The minimum atomic E-state index is 0.0576. The molecule has 0 amide bonds. The number of nitrogens with two attached hydrogens (primary N) is 1. The molecule has 4 nitrogen and oxygen atoms in total. The van der Waals surface area contributed by atoms with Crippen molar-refractivity contribution in [1.29, 1.82) is 0 Å². The van der Waals surface area contributed by atoms with Crippen molar-refractivity contribution in [2.24, 2.45) is 0 Å². The van der Waals surface area contributed by atoms with Crippen molar-refractivity contribution in [2.75, 3.05) is 17.2 Å². The Bertz CT molecular complexity index is 939. The monoisotopic (exact) mass is 341 g/mol. The normalized spacial score (nSPS) is 16.6. The maximum atomic E-state index is 12.8. The molecule has 1 aromatic heterocycles. The van der Waals surface area contributed by atoms with E-state index in [1.165, 1.54) is 0 Å². The molecule has 6 heteroatoms. The second-order valence-corrected chi connectivity index (χ2v) is 7.45. The van der Waals surface area contributed by atoms with Crippen LogP contribution in [0.4, 0.5) is 5.69 Å². The van der Waals surface area contributed by atoms with E-state index in [0.29, 0.717) is 5.39 Å². The van der Waals surface area contributed by atoms with E-state index in [-0.39, 0.29) is 11.6 Å². The molecule has 0 radical (unpaired) electrons. The fraction of sp³-hybridized carbons (Fsp3) is 0.176. The zero-order valence-corrected chi connectivity index (χ0v) is 13.9. The molecule has 0 fully saturated rings. The molecule has 1 atom stereocenters. The van der Waals surface area contributed by atoms with Gasteiger partial charge in [-0.05, 0) is 24.3 Å². The number of hydrogen-bond donors (Lipinski definition) is 1. The maximum absolute atomic E-state index is 12.8. The van der Waals surface area contributed by atoms with Crippen LogP contribution in [0.25, 0.3) is 10.9 Å². The van der Waals surface area contributed by atoms with Crippen LogP contribution < -0.4 is 11.3 Å². The summed E-state index contributed by atoms with van der Waals surface area (Å²) in [5, 5.41) is 1.51. The fourth-order valence-corrected chi connectivity index (χ4v) is 5.06. The van der Waals surface area contributed by atoms with Gasteiger partial charge in [-0.25, -0.2) is 4.98 Å². The van der Waals surface area contributed by atoms with Gasteiger partial charge in [0.25, 0.3) is 5.56 Å². The van der Waals surface area contributed by atoms with Gasteiger partial charge in [-0.15, -0.1) is 11.8 Å². The van der Waals surface area contributed by atoms with E-state index in [2.05, 4.69) is 4.98 Å². The van der Waals surface area contributed by atoms with E-state index in [1.807, 2.05) is 53.1 Å². The molecule has 0 unspecified atom stereocenters. The lowest BCUT2D eigenvalue weighted by Gasteiger charge is -2.14. The molecular formula is C17H15N3OS2. The second kappa shape index (κ2) is 5.94. The van der Waals surface area contributed by atoms with E-state index >= 15 is 0 Å². The molecule has 2 heterocycles. The van der Waals surface area contributed by atoms with Crippen LogP contribution in [0.1, 0.15) is 6.04 Å². The first-order valence-corrected chi connectivity index (χ1v) is 9.32. The largest absolute Gasteiger partial charge is 0.398 e. The van der Waals surface area contributed by atoms with Crippen molar-refractivity contribution < 1.29 is 0 Å². The van der Waals surface area contributed by atoms with Gasteiger partial charge in [0.15, 0.2) is 5.16 Å². The van der Waals surface area contributed by atoms with Crippen molar-refractivity contribution >= 4 is 40.1 Å². The van der Waals surface area contributed by atoms with Crippen molar-refractivity contribution in [3.05, 3.63) is 58.9 Å². The molecule has 0 spiro atoms. The average molecular weight is 341 g/mol. The average Bonchev–Trinajstić information content (AvgIpc) is 2.98. The highest BCUT2D eigenvalue weighted by molar-refractivity contribution is 8.00. The smallest absolute Gasteiger partial charge is 0.262 e. The predicted molar refractivity (Wildman–Crippen MR) is 97.3 cm³/mol. The van der Waals surface area contributed by atoms with E-state index in [1.54, 1.807) is 23.5 Å². The number of nitrogens with zero attached hydrogens (tertiary/aromatic N) is 2. The summed E-state index contributed by atoms with van der Waals surface area (Å²) in [4.78, 5) is 18.5. The molecule has 0 saturated carbocycles. The summed E-state index contributed by atoms with van der Waals surface area (Å²) in [6.07, 6.45) is 0. The summed E-state index contributed by atoms with van der Waals surface area (Å²) in [5.41, 5.74) is 7.61. The molecule has 0 saturated heterocycles. The number of thioether (sulfide) groups is 2. The molecule has 0 bridgehead atoms. The lowest BCUT2D eigenvalue weighted by molar-refractivity contribution is 0.558. The number of para-hydroxylation sites is 2. The second-order valence-electron chi connectivity index (χ2n) is 5.40. The Balaban J connectivity index is 1.66. The van der Waals surface area contributed by atoms with Gasteiger partial charge in [-0.3, -0.25) is 9.36 Å². The Hall–Kier alpha value is -1.92. The molecule has 116 valence electrons. The molecule has 4 rings (SSSR count). The lowest BCUT2D eigenvalue weighted by atomic mass is 10.2. The van der Waals surface area contributed by atoms with Gasteiger partial charge in [-0.1, -0.05) is 36.0 Å². The first-order chi connectivity index (χ1) is 11.2. The number of aromatic nitrogens is 2. The summed E-state index contributed by atoms with van der Waals surface area (Å²) in [5.74, 6) is 1.69. The third-order valence-corrected chi connectivity index (χ3v) is 6.23. The summed E-state index contributed by atoms with van der Waals surface area (Å²) < 4.78 is 1.85. The minimum absolute atomic E-state index is 0.0576. The van der Waals surface area contributed by atoms with Crippen molar-refractivity contribution in [3.8, 4) is 0 Å². The van der Waals surface area contributed by atoms with Gasteiger partial charge < -0.3 is 5.73 Å². The van der Waals surface area contributed by atoms with Crippen LogP contribution in [0.15, 0.2) is 63.4 Å². The highest BCUT2D eigenvalue weighted by atomic mass is 32.2. The topological polar surface area (TPSA) is 60.9 Å². The Kier molecular flexibility index (Phi) is 3.79. The van der Waals surface area contributed by atoms with Crippen LogP contribution in [-0.4, -0.2) is 21.1 Å². The number of fused-ring (bicyclic) bond motifs is 2. The van der Waals surface area contributed by atoms with Gasteiger partial charge in [0.1, 0.15) is 0 Å². The molecule has 1 aliphatic heterocycles. The summed E-state index contributed by atoms with van der Waals surface area (Å²) in [6, 6.07) is 15.5. The van der Waals surface area contributed by atoms with E-state index in [0.717, 1.165) is 32.8 Å². The van der Waals surface area contributed by atoms with Crippen LogP contribution in [0.3, 0.4) is 0 Å². The minimum Gasteiger partial charge on any atom is -0.398 e. The molecule has 0 aliphatic carbocycles. The zero-order chi connectivity index (χ0) is 15.8. The SMILES string of the molecule is Nc1ccccc1SC[C@H]1CSc2nc3ccccc3c(=O)n21. The Morgan fingerprint density at radius 1 is 1.22 bits per heavy atom. The lowest BCUT2D eigenvalue weighted by Crippen LogP contribution is -2.25. The third kappa shape index (κ3) is 2.62. The highest BCUT2D eigenvalue weighted by Gasteiger charge is 2.26. The number of hydrogen-bond acceptors (Lipinski definition) is 5. The number of rotatable bonds is 3. The van der Waals surface area contributed by atoms with Gasteiger partial charge in [-0.2, -0.15) is 0 Å². The molecule has 23 heavy (non-hydrogen) atoms. The van der Waals surface area contributed by atoms with E-state index in [9.17, 15) is 4.79 Å². The van der Waals surface area contributed by atoms with E-state index < -0.39 is 0 Å². The van der Waals surface area contributed by atoms with Gasteiger partial charge >= 0.3 is 0 Å². The third-order valence-electron chi connectivity index (χ3n) is 3.90. The first-order valence-electron chi connectivity index (χ1n) is 7.35. The van der Waals surface area contributed by atoms with Crippen LogP contribution in [0.5, 0.6) is 0 Å². The quantitative estimate of drug-likeness (QED) is 0.449. The Morgan fingerprint density at radius 3 is 2.87 bits per heavy atom. The molecular weight excluding hydrogens is 326 g/mol. The van der Waals surface area contributed by atoms with Crippen LogP contribution in [-0.2, 0) is 0 Å². The number of benzene rings is 2. The zero-order valence-electron chi connectivity index (χ0n) is 12.3.